The van der Waals surface area contributed by atoms with Crippen molar-refractivity contribution < 1.29 is 19.4 Å². The van der Waals surface area contributed by atoms with E-state index in [0.717, 1.165) is 0 Å². The average Bonchev–Trinajstić information content (AvgIpc) is 2.90. The van der Waals surface area contributed by atoms with Gasteiger partial charge in [0, 0.05) is 13.0 Å². The van der Waals surface area contributed by atoms with Crippen LogP contribution in [0.2, 0.25) is 0 Å². The molecule has 0 bridgehead atoms. The van der Waals surface area contributed by atoms with Crippen LogP contribution in [0.3, 0.4) is 0 Å². The summed E-state index contributed by atoms with van der Waals surface area (Å²) in [6.07, 6.45) is 0. The highest BCUT2D eigenvalue weighted by atomic mass is 16.8. The van der Waals surface area contributed by atoms with E-state index < -0.39 is 0 Å². The van der Waals surface area contributed by atoms with Crippen molar-refractivity contribution in [2.45, 2.75) is 6.92 Å². The van der Waals surface area contributed by atoms with E-state index in [0.29, 0.717) is 37.3 Å². The molecule has 21 heavy (non-hydrogen) atoms. The molecule has 0 fully saturated rings. The lowest BCUT2D eigenvalue weighted by Crippen LogP contribution is -2.29. The Kier molecular flexibility index (Phi) is 2.84. The third-order valence-electron chi connectivity index (χ3n) is 3.42. The Balaban J connectivity index is 2.39. The molecule has 110 valence electrons. The van der Waals surface area contributed by atoms with Gasteiger partial charge in [0.25, 0.3) is 0 Å². The zero-order valence-corrected chi connectivity index (χ0v) is 11.8. The Labute approximate surface area is 119 Å². The number of ketones is 1. The molecule has 2 aromatic heterocycles. The van der Waals surface area contributed by atoms with Crippen LogP contribution in [0.5, 0.6) is 0 Å². The largest absolute Gasteiger partial charge is 0.618 e. The molecule has 0 amide bonds. The minimum absolute atomic E-state index is 0.174. The Morgan fingerprint density at radius 3 is 2.90 bits per heavy atom. The van der Waals surface area contributed by atoms with Crippen molar-refractivity contribution in [1.29, 1.82) is 0 Å². The fourth-order valence-corrected chi connectivity index (χ4v) is 2.53. The molecule has 0 aliphatic heterocycles. The Hall–Kier alpha value is -2.61. The number of hydrogen-bond acceptors (Lipinski definition) is 6. The zero-order valence-electron chi connectivity index (χ0n) is 11.8. The second kappa shape index (κ2) is 4.45. The van der Waals surface area contributed by atoms with Gasteiger partial charge in [-0.15, -0.1) is 0 Å². The lowest BCUT2D eigenvalue weighted by Gasteiger charge is -2.07. The standard InChI is InChI=1S/C13H14N4O4/c1-7-11(10(18)6-15(2)3)12-8(16(7)19)4-5-9-13(12)14-21-17(9)20/h4-5,20H,6H2,1-3H3. The van der Waals surface area contributed by atoms with Gasteiger partial charge in [-0.25, -0.2) is 4.63 Å². The highest BCUT2D eigenvalue weighted by molar-refractivity contribution is 6.16. The van der Waals surface area contributed by atoms with Crippen LogP contribution >= 0.6 is 0 Å². The van der Waals surface area contributed by atoms with Gasteiger partial charge in [-0.05, 0) is 30.2 Å². The number of carbonyl (C=O) groups is 1. The first-order valence-corrected chi connectivity index (χ1v) is 6.32. The first-order chi connectivity index (χ1) is 9.91. The predicted octanol–water partition coefficient (Wildman–Crippen LogP) is 0.706. The summed E-state index contributed by atoms with van der Waals surface area (Å²) in [6.45, 7) is 1.77. The minimum Gasteiger partial charge on any atom is -0.618 e. The first-order valence-electron chi connectivity index (χ1n) is 6.32. The molecule has 1 N–H and O–H groups in total. The van der Waals surface area contributed by atoms with E-state index >= 15 is 0 Å². The Morgan fingerprint density at radius 2 is 2.24 bits per heavy atom. The maximum atomic E-state index is 12.4. The molecule has 8 heteroatoms. The van der Waals surface area contributed by atoms with Gasteiger partial charge in [-0.2, -0.15) is 4.73 Å². The monoisotopic (exact) mass is 290 g/mol. The van der Waals surface area contributed by atoms with Crippen molar-refractivity contribution in [2.75, 3.05) is 20.6 Å². The molecule has 1 aromatic carbocycles. The summed E-state index contributed by atoms with van der Waals surface area (Å²) in [5.41, 5.74) is 1.54. The van der Waals surface area contributed by atoms with E-state index in [1.807, 2.05) is 0 Å². The molecule has 3 rings (SSSR count). The van der Waals surface area contributed by atoms with Crippen LogP contribution in [-0.2, 0) is 0 Å². The smallest absolute Gasteiger partial charge is 0.227 e. The first kappa shape index (κ1) is 13.4. The topological polar surface area (TPSA) is 98.4 Å². The molecule has 0 unspecified atom stereocenters. The fraction of sp³-hybridized carbons (Fsp3) is 0.308. The number of hydrogen-bond donors (Lipinski definition) is 1. The average molecular weight is 290 g/mol. The van der Waals surface area contributed by atoms with Crippen molar-refractivity contribution in [1.82, 2.24) is 15.0 Å². The molecule has 0 spiro atoms. The molecule has 0 aliphatic rings. The molecular weight excluding hydrogens is 276 g/mol. The van der Waals surface area contributed by atoms with E-state index in [1.54, 1.807) is 25.9 Å². The molecule has 0 saturated carbocycles. The number of carbonyl (C=O) groups excluding carboxylic acids is 1. The van der Waals surface area contributed by atoms with Gasteiger partial charge in [0.2, 0.25) is 11.2 Å². The summed E-state index contributed by atoms with van der Waals surface area (Å²) in [6, 6.07) is 3.05. The molecule has 0 saturated heterocycles. The number of aromatic nitrogens is 3. The van der Waals surface area contributed by atoms with E-state index in [1.165, 1.54) is 12.1 Å². The molecule has 0 radical (unpaired) electrons. The summed E-state index contributed by atoms with van der Waals surface area (Å²) in [5, 5.41) is 25.9. The van der Waals surface area contributed by atoms with Crippen LogP contribution in [0.25, 0.3) is 21.9 Å². The molecule has 0 aliphatic carbocycles. The van der Waals surface area contributed by atoms with Crippen molar-refractivity contribution in [2.24, 2.45) is 0 Å². The highest BCUT2D eigenvalue weighted by Gasteiger charge is 2.29. The van der Waals surface area contributed by atoms with Crippen LogP contribution < -0.4 is 4.73 Å². The minimum atomic E-state index is -0.183. The number of nitrogens with zero attached hydrogens (tertiary/aromatic N) is 4. The molecular formula is C13H14N4O4. The van der Waals surface area contributed by atoms with Gasteiger partial charge in [0.15, 0.2) is 16.8 Å². The van der Waals surface area contributed by atoms with E-state index in [4.69, 9.17) is 0 Å². The number of benzene rings is 1. The van der Waals surface area contributed by atoms with Crippen LogP contribution in [0.15, 0.2) is 16.8 Å². The second-order valence-electron chi connectivity index (χ2n) is 5.19. The summed E-state index contributed by atoms with van der Waals surface area (Å²) >= 11 is 0. The summed E-state index contributed by atoms with van der Waals surface area (Å²) in [7, 11) is 3.55. The van der Waals surface area contributed by atoms with Crippen LogP contribution in [0, 0.1) is 12.1 Å². The summed E-state index contributed by atoms with van der Waals surface area (Å²) in [4.78, 5) is 14.7. The van der Waals surface area contributed by atoms with Gasteiger partial charge >= 0.3 is 0 Å². The number of fused-ring (bicyclic) bond motifs is 3. The number of Topliss-reactive ketones (excluding diaryl/α,β-unsaturated/α-hetero) is 1. The third-order valence-corrected chi connectivity index (χ3v) is 3.42. The van der Waals surface area contributed by atoms with Crippen molar-refractivity contribution in [3.63, 3.8) is 0 Å². The highest BCUT2D eigenvalue weighted by Crippen LogP contribution is 2.28. The predicted molar refractivity (Wildman–Crippen MR) is 73.3 cm³/mol. The van der Waals surface area contributed by atoms with Crippen molar-refractivity contribution >= 4 is 27.7 Å². The van der Waals surface area contributed by atoms with Crippen LogP contribution in [0.4, 0.5) is 0 Å². The maximum absolute atomic E-state index is 12.4. The van der Waals surface area contributed by atoms with Gasteiger partial charge in [-0.1, -0.05) is 0 Å². The fourth-order valence-electron chi connectivity index (χ4n) is 2.53. The van der Waals surface area contributed by atoms with E-state index in [9.17, 15) is 15.2 Å². The van der Waals surface area contributed by atoms with Crippen molar-refractivity contribution in [3.8, 4) is 0 Å². The van der Waals surface area contributed by atoms with Crippen molar-refractivity contribution in [3.05, 3.63) is 28.6 Å². The third kappa shape index (κ3) is 1.83. The maximum Gasteiger partial charge on any atom is 0.227 e. The van der Waals surface area contributed by atoms with Crippen LogP contribution in [-0.4, -0.2) is 46.6 Å². The quantitative estimate of drug-likeness (QED) is 0.330. The van der Waals surface area contributed by atoms with Gasteiger partial charge in [0.05, 0.1) is 11.9 Å². The number of likely N-dealkylation sites (N-methyl/N-ethyl adjacent to an activating group) is 1. The van der Waals surface area contributed by atoms with Gasteiger partial charge < -0.3 is 15.3 Å². The molecule has 8 nitrogen and oxygen atoms in total. The lowest BCUT2D eigenvalue weighted by atomic mass is 10.1. The molecule has 2 heterocycles. The van der Waals surface area contributed by atoms with E-state index in [-0.39, 0.29) is 17.8 Å². The lowest BCUT2D eigenvalue weighted by molar-refractivity contribution is -0.581. The molecule has 3 aromatic rings. The van der Waals surface area contributed by atoms with Crippen LogP contribution in [0.1, 0.15) is 16.1 Å². The van der Waals surface area contributed by atoms with Gasteiger partial charge in [0.1, 0.15) is 5.56 Å². The Morgan fingerprint density at radius 1 is 1.52 bits per heavy atom. The SMILES string of the molecule is Cc1c(C(=O)CN(C)C)c2c3non(O)c3ccc2[n+]1[O-]. The number of rotatable bonds is 3. The Bertz CT molecular complexity index is 862. The second-order valence-corrected chi connectivity index (χ2v) is 5.19. The van der Waals surface area contributed by atoms with Gasteiger partial charge in [-0.3, -0.25) is 4.79 Å². The normalized spacial score (nSPS) is 11.8. The molecule has 0 atom stereocenters. The van der Waals surface area contributed by atoms with E-state index in [2.05, 4.69) is 9.79 Å². The summed E-state index contributed by atoms with van der Waals surface area (Å²) < 4.78 is 5.38. The summed E-state index contributed by atoms with van der Waals surface area (Å²) in [5.74, 6) is -0.183. The zero-order chi connectivity index (χ0) is 15.3.